The molecule has 1 aromatic heterocycles. The van der Waals surface area contributed by atoms with Gasteiger partial charge < -0.3 is 5.32 Å². The Balaban J connectivity index is 1.50. The summed E-state index contributed by atoms with van der Waals surface area (Å²) in [5.41, 5.74) is 2.21. The van der Waals surface area contributed by atoms with Crippen molar-refractivity contribution in [3.05, 3.63) is 69.1 Å². The third-order valence-electron chi connectivity index (χ3n) is 5.69. The summed E-state index contributed by atoms with van der Waals surface area (Å²) in [4.78, 5) is 24.6. The molecule has 5 nitrogen and oxygen atoms in total. The zero-order chi connectivity index (χ0) is 20.2. The molecule has 150 valence electrons. The van der Waals surface area contributed by atoms with Crippen LogP contribution >= 0.6 is 11.6 Å². The summed E-state index contributed by atoms with van der Waals surface area (Å²) in [6, 6.07) is 13.0. The zero-order valence-electron chi connectivity index (χ0n) is 16.2. The van der Waals surface area contributed by atoms with Crippen molar-refractivity contribution >= 4 is 34.0 Å². The number of benzene rings is 2. The molecule has 2 aromatic carbocycles. The van der Waals surface area contributed by atoms with Crippen molar-refractivity contribution in [2.24, 2.45) is 5.92 Å². The number of fused-ring (bicyclic) bond motifs is 1. The lowest BCUT2D eigenvalue weighted by molar-refractivity contribution is -0.116. The maximum absolute atomic E-state index is 12.3. The van der Waals surface area contributed by atoms with Crippen LogP contribution in [0.1, 0.15) is 49.8 Å². The van der Waals surface area contributed by atoms with E-state index in [4.69, 9.17) is 11.6 Å². The Labute approximate surface area is 174 Å². The Morgan fingerprint density at radius 1 is 1.10 bits per heavy atom. The Hall–Kier alpha value is -2.66. The average Bonchev–Trinajstić information content (AvgIpc) is 3.24. The van der Waals surface area contributed by atoms with Crippen LogP contribution in [0.3, 0.4) is 0 Å². The smallest absolute Gasteiger partial charge is 0.272 e. The number of amides is 1. The van der Waals surface area contributed by atoms with Gasteiger partial charge in [-0.1, -0.05) is 55.5 Å². The molecule has 0 unspecified atom stereocenters. The number of H-pyrrole nitrogens is 1. The van der Waals surface area contributed by atoms with Crippen LogP contribution in [0, 0.1) is 5.92 Å². The summed E-state index contributed by atoms with van der Waals surface area (Å²) < 4.78 is 0. The Morgan fingerprint density at radius 2 is 1.86 bits per heavy atom. The van der Waals surface area contributed by atoms with Crippen molar-refractivity contribution in [3.8, 4) is 0 Å². The van der Waals surface area contributed by atoms with Crippen molar-refractivity contribution in [1.82, 2.24) is 10.2 Å². The van der Waals surface area contributed by atoms with E-state index in [1.165, 1.54) is 25.7 Å². The van der Waals surface area contributed by atoms with Crippen molar-refractivity contribution in [3.63, 3.8) is 0 Å². The highest BCUT2D eigenvalue weighted by Crippen LogP contribution is 2.28. The molecule has 0 spiro atoms. The average molecular weight is 410 g/mol. The normalized spacial score (nSPS) is 14.4. The second-order valence-corrected chi connectivity index (χ2v) is 8.24. The Morgan fingerprint density at radius 3 is 2.62 bits per heavy atom. The van der Waals surface area contributed by atoms with Gasteiger partial charge in [-0.2, -0.15) is 5.10 Å². The minimum Gasteiger partial charge on any atom is -0.326 e. The number of carbonyl (C=O) groups excluding carboxylic acids is 1. The molecule has 1 saturated carbocycles. The van der Waals surface area contributed by atoms with Crippen LogP contribution in [0.5, 0.6) is 0 Å². The van der Waals surface area contributed by atoms with Crippen molar-refractivity contribution in [2.45, 2.75) is 44.9 Å². The quantitative estimate of drug-likeness (QED) is 0.596. The van der Waals surface area contributed by atoms with Crippen molar-refractivity contribution < 1.29 is 4.79 Å². The fourth-order valence-electron chi connectivity index (χ4n) is 4.09. The Kier molecular flexibility index (Phi) is 5.95. The van der Waals surface area contributed by atoms with Gasteiger partial charge in [0.15, 0.2) is 0 Å². The molecule has 1 fully saturated rings. The van der Waals surface area contributed by atoms with E-state index in [1.807, 2.05) is 36.4 Å². The highest BCUT2D eigenvalue weighted by atomic mass is 35.5. The molecule has 0 bridgehead atoms. The molecular formula is C23H24ClN3O2. The summed E-state index contributed by atoms with van der Waals surface area (Å²) in [6.45, 7) is 0. The number of aromatic amines is 1. The number of carbonyl (C=O) groups is 1. The summed E-state index contributed by atoms with van der Waals surface area (Å²) in [6.07, 6.45) is 7.09. The van der Waals surface area contributed by atoms with Crippen LogP contribution in [0.15, 0.2) is 47.3 Å². The van der Waals surface area contributed by atoms with Crippen LogP contribution in [0.2, 0.25) is 5.02 Å². The van der Waals surface area contributed by atoms with E-state index in [2.05, 4.69) is 15.5 Å². The van der Waals surface area contributed by atoms with Gasteiger partial charge in [-0.3, -0.25) is 9.59 Å². The third-order valence-corrected chi connectivity index (χ3v) is 5.94. The molecule has 3 aromatic rings. The number of nitrogens with one attached hydrogen (secondary N) is 2. The number of rotatable bonds is 6. The first-order valence-corrected chi connectivity index (χ1v) is 10.5. The number of anilines is 1. The maximum Gasteiger partial charge on any atom is 0.272 e. The van der Waals surface area contributed by atoms with Crippen molar-refractivity contribution in [2.75, 3.05) is 5.32 Å². The molecule has 6 heteroatoms. The van der Waals surface area contributed by atoms with Gasteiger partial charge in [0.25, 0.3) is 5.56 Å². The van der Waals surface area contributed by atoms with Crippen LogP contribution in [-0.2, 0) is 11.2 Å². The molecule has 0 saturated heterocycles. The van der Waals surface area contributed by atoms with E-state index in [0.29, 0.717) is 34.9 Å². The minimum atomic E-state index is -0.262. The fraction of sp³-hybridized carbons (Fsp3) is 0.348. The summed E-state index contributed by atoms with van der Waals surface area (Å²) >= 11 is 5.95. The molecule has 1 amide bonds. The van der Waals surface area contributed by atoms with E-state index in [9.17, 15) is 9.59 Å². The van der Waals surface area contributed by atoms with E-state index < -0.39 is 0 Å². The molecule has 0 aliphatic heterocycles. The first-order valence-electron chi connectivity index (χ1n) is 10.1. The summed E-state index contributed by atoms with van der Waals surface area (Å²) in [5.74, 6) is 0.685. The lowest BCUT2D eigenvalue weighted by Gasteiger charge is -2.10. The SMILES string of the molecule is O=C(CCC1CCCC1)Nc1ccc2c(Cc3ccc(Cl)cc3)n[nH]c(=O)c2c1. The monoisotopic (exact) mass is 409 g/mol. The van der Waals surface area contributed by atoms with Gasteiger partial charge >= 0.3 is 0 Å². The second-order valence-electron chi connectivity index (χ2n) is 7.80. The standard InChI is InChI=1S/C23H24ClN3O2/c24-17-8-5-16(6-9-17)13-21-19-11-10-18(14-20(19)23(29)27-26-21)25-22(28)12-7-15-3-1-2-4-15/h5-6,8-11,14-15H,1-4,7,12-13H2,(H,25,28)(H,27,29). The molecule has 1 heterocycles. The molecule has 2 N–H and O–H groups in total. The predicted molar refractivity (Wildman–Crippen MR) is 116 cm³/mol. The number of hydrogen-bond acceptors (Lipinski definition) is 3. The van der Waals surface area contributed by atoms with Gasteiger partial charge in [-0.25, -0.2) is 5.10 Å². The summed E-state index contributed by atoms with van der Waals surface area (Å²) in [5, 5.41) is 11.7. The van der Waals surface area contributed by atoms with E-state index >= 15 is 0 Å². The molecule has 29 heavy (non-hydrogen) atoms. The maximum atomic E-state index is 12.3. The largest absolute Gasteiger partial charge is 0.326 e. The molecule has 1 aliphatic carbocycles. The zero-order valence-corrected chi connectivity index (χ0v) is 17.0. The lowest BCUT2D eigenvalue weighted by atomic mass is 10.0. The van der Waals surface area contributed by atoms with Crippen LogP contribution in [0.4, 0.5) is 5.69 Å². The van der Waals surface area contributed by atoms with Crippen LogP contribution < -0.4 is 10.9 Å². The molecule has 0 radical (unpaired) electrons. The number of aromatic nitrogens is 2. The first-order chi connectivity index (χ1) is 14.1. The summed E-state index contributed by atoms with van der Waals surface area (Å²) in [7, 11) is 0. The highest BCUT2D eigenvalue weighted by Gasteiger charge is 2.16. The van der Waals surface area contributed by atoms with E-state index in [-0.39, 0.29) is 11.5 Å². The van der Waals surface area contributed by atoms with E-state index in [1.54, 1.807) is 6.07 Å². The number of nitrogens with zero attached hydrogens (tertiary/aromatic N) is 1. The number of halogens is 1. The fourth-order valence-corrected chi connectivity index (χ4v) is 4.21. The van der Waals surface area contributed by atoms with Gasteiger partial charge in [-0.05, 0) is 42.2 Å². The van der Waals surface area contributed by atoms with E-state index in [0.717, 1.165) is 23.1 Å². The molecule has 0 atom stereocenters. The first kappa shape index (κ1) is 19.6. The van der Waals surface area contributed by atoms with Gasteiger partial charge in [0.2, 0.25) is 5.91 Å². The number of hydrogen-bond donors (Lipinski definition) is 2. The van der Waals surface area contributed by atoms with Gasteiger partial charge in [0.1, 0.15) is 0 Å². The highest BCUT2D eigenvalue weighted by molar-refractivity contribution is 6.30. The lowest BCUT2D eigenvalue weighted by Crippen LogP contribution is -2.15. The van der Waals surface area contributed by atoms with Gasteiger partial charge in [-0.15, -0.1) is 0 Å². The van der Waals surface area contributed by atoms with Crippen LogP contribution in [0.25, 0.3) is 10.8 Å². The third kappa shape index (κ3) is 4.85. The predicted octanol–water partition coefficient (Wildman–Crippen LogP) is 5.08. The molecule has 1 aliphatic rings. The molecular weight excluding hydrogens is 386 g/mol. The molecule has 4 rings (SSSR count). The van der Waals surface area contributed by atoms with Crippen molar-refractivity contribution in [1.29, 1.82) is 0 Å². The van der Waals surface area contributed by atoms with Crippen LogP contribution in [-0.4, -0.2) is 16.1 Å². The van der Waals surface area contributed by atoms with Gasteiger partial charge in [0, 0.05) is 28.9 Å². The van der Waals surface area contributed by atoms with Gasteiger partial charge in [0.05, 0.1) is 11.1 Å². The Bertz CT molecular complexity index is 1070. The topological polar surface area (TPSA) is 74.8 Å². The second kappa shape index (κ2) is 8.78. The minimum absolute atomic E-state index is 0.00289.